The SMILES string of the molecule is O[C@@H]1CN(Cc2ccccc2OCCCCn2ccnc2)C[C@H]1Cc1ccccn1. The van der Waals surface area contributed by atoms with Gasteiger partial charge < -0.3 is 14.4 Å². The van der Waals surface area contributed by atoms with Crippen LogP contribution in [0.25, 0.3) is 0 Å². The number of pyridine rings is 1. The second kappa shape index (κ2) is 10.4. The maximum absolute atomic E-state index is 10.5. The molecule has 0 spiro atoms. The number of unbranched alkanes of at least 4 members (excludes halogenated alkanes) is 1. The number of ether oxygens (including phenoxy) is 1. The molecule has 6 nitrogen and oxygen atoms in total. The first kappa shape index (κ1) is 20.6. The fourth-order valence-electron chi connectivity index (χ4n) is 4.07. The summed E-state index contributed by atoms with van der Waals surface area (Å²) in [5.41, 5.74) is 2.22. The van der Waals surface area contributed by atoms with Crippen molar-refractivity contribution in [2.75, 3.05) is 19.7 Å². The number of nitrogens with zero attached hydrogens (tertiary/aromatic N) is 4. The lowest BCUT2D eigenvalue weighted by molar-refractivity contribution is 0.140. The minimum absolute atomic E-state index is 0.219. The molecule has 1 aliphatic rings. The molecule has 3 aromatic rings. The zero-order chi connectivity index (χ0) is 20.6. The summed E-state index contributed by atoms with van der Waals surface area (Å²) in [6, 6.07) is 14.2. The molecule has 158 valence electrons. The van der Waals surface area contributed by atoms with E-state index in [2.05, 4.69) is 31.6 Å². The van der Waals surface area contributed by atoms with Crippen LogP contribution in [0.4, 0.5) is 0 Å². The molecule has 0 bridgehead atoms. The molecule has 0 radical (unpaired) electrons. The molecular formula is C24H30N4O2. The molecule has 0 aliphatic carbocycles. The number of hydrogen-bond acceptors (Lipinski definition) is 5. The highest BCUT2D eigenvalue weighted by molar-refractivity contribution is 5.33. The van der Waals surface area contributed by atoms with E-state index in [-0.39, 0.29) is 12.0 Å². The fraction of sp³-hybridized carbons (Fsp3) is 0.417. The van der Waals surface area contributed by atoms with Gasteiger partial charge >= 0.3 is 0 Å². The van der Waals surface area contributed by atoms with E-state index in [1.807, 2.05) is 55.2 Å². The third-order valence-electron chi connectivity index (χ3n) is 5.67. The van der Waals surface area contributed by atoms with E-state index in [0.29, 0.717) is 13.2 Å². The Morgan fingerprint density at radius 1 is 1.03 bits per heavy atom. The predicted molar refractivity (Wildman–Crippen MR) is 116 cm³/mol. The quantitative estimate of drug-likeness (QED) is 0.524. The van der Waals surface area contributed by atoms with E-state index in [1.165, 1.54) is 5.56 Å². The Kier molecular flexibility index (Phi) is 7.11. The van der Waals surface area contributed by atoms with Gasteiger partial charge in [0, 0.05) is 61.9 Å². The number of β-amino-alcohol motifs (C(OH)–C–C–N with tert-alkyl or cyclic N) is 1. The van der Waals surface area contributed by atoms with E-state index < -0.39 is 0 Å². The normalized spacial score (nSPS) is 19.2. The highest BCUT2D eigenvalue weighted by atomic mass is 16.5. The van der Waals surface area contributed by atoms with Crippen molar-refractivity contribution in [3.8, 4) is 5.75 Å². The zero-order valence-electron chi connectivity index (χ0n) is 17.3. The van der Waals surface area contributed by atoms with Crippen LogP contribution in [0, 0.1) is 5.92 Å². The maximum Gasteiger partial charge on any atom is 0.123 e. The van der Waals surface area contributed by atoms with Crippen LogP contribution in [-0.4, -0.2) is 50.3 Å². The van der Waals surface area contributed by atoms with Crippen molar-refractivity contribution in [2.24, 2.45) is 5.92 Å². The third-order valence-corrected chi connectivity index (χ3v) is 5.67. The molecule has 1 aliphatic heterocycles. The number of aromatic nitrogens is 3. The van der Waals surface area contributed by atoms with Crippen LogP contribution in [0.5, 0.6) is 5.75 Å². The summed E-state index contributed by atoms with van der Waals surface area (Å²) in [6.45, 7) is 4.03. The largest absolute Gasteiger partial charge is 0.493 e. The van der Waals surface area contributed by atoms with Gasteiger partial charge in [0.1, 0.15) is 5.75 Å². The van der Waals surface area contributed by atoms with E-state index >= 15 is 0 Å². The monoisotopic (exact) mass is 406 g/mol. The van der Waals surface area contributed by atoms with Crippen LogP contribution >= 0.6 is 0 Å². The van der Waals surface area contributed by atoms with Crippen molar-refractivity contribution in [1.82, 2.24) is 19.4 Å². The number of likely N-dealkylation sites (tertiary alicyclic amines) is 1. The number of imidazole rings is 1. The maximum atomic E-state index is 10.5. The van der Waals surface area contributed by atoms with Crippen LogP contribution < -0.4 is 4.74 Å². The number of aryl methyl sites for hydroxylation is 1. The molecule has 0 amide bonds. The van der Waals surface area contributed by atoms with Gasteiger partial charge in [-0.2, -0.15) is 0 Å². The zero-order valence-corrected chi connectivity index (χ0v) is 17.3. The van der Waals surface area contributed by atoms with E-state index in [1.54, 1.807) is 0 Å². The number of para-hydroxylation sites is 1. The Bertz CT molecular complexity index is 885. The van der Waals surface area contributed by atoms with Gasteiger partial charge in [-0.3, -0.25) is 9.88 Å². The standard InChI is InChI=1S/C24H30N4O2/c29-23-18-28(17-21(23)15-22-8-3-4-10-26-22)16-20-7-1-2-9-24(20)30-14-6-5-12-27-13-11-25-19-27/h1-4,7-11,13,19,21,23,29H,5-6,12,14-18H2/t21-,23-/m1/s1. The third kappa shape index (κ3) is 5.68. The van der Waals surface area contributed by atoms with Crippen LogP contribution in [-0.2, 0) is 19.5 Å². The molecule has 1 fully saturated rings. The van der Waals surface area contributed by atoms with Crippen molar-refractivity contribution < 1.29 is 9.84 Å². The van der Waals surface area contributed by atoms with Gasteiger partial charge in [0.05, 0.1) is 19.0 Å². The summed E-state index contributed by atoms with van der Waals surface area (Å²) in [7, 11) is 0. The predicted octanol–water partition coefficient (Wildman–Crippen LogP) is 3.17. The lowest BCUT2D eigenvalue weighted by Gasteiger charge is -2.18. The number of rotatable bonds is 10. The molecule has 1 N–H and O–H groups in total. The molecular weight excluding hydrogens is 376 g/mol. The van der Waals surface area contributed by atoms with E-state index in [4.69, 9.17) is 4.74 Å². The Morgan fingerprint density at radius 2 is 1.93 bits per heavy atom. The van der Waals surface area contributed by atoms with E-state index in [9.17, 15) is 5.11 Å². The second-order valence-electron chi connectivity index (χ2n) is 8.01. The Hall–Kier alpha value is -2.70. The molecule has 30 heavy (non-hydrogen) atoms. The van der Waals surface area contributed by atoms with Crippen LogP contribution in [0.1, 0.15) is 24.1 Å². The fourth-order valence-corrected chi connectivity index (χ4v) is 4.07. The van der Waals surface area contributed by atoms with Crippen LogP contribution in [0.3, 0.4) is 0 Å². The molecule has 6 heteroatoms. The first-order valence-electron chi connectivity index (χ1n) is 10.7. The van der Waals surface area contributed by atoms with Crippen LogP contribution in [0.2, 0.25) is 0 Å². The van der Waals surface area contributed by atoms with Crippen molar-refractivity contribution in [1.29, 1.82) is 0 Å². The topological polar surface area (TPSA) is 63.4 Å². The number of hydrogen-bond donors (Lipinski definition) is 1. The van der Waals surface area contributed by atoms with Gasteiger partial charge in [0.15, 0.2) is 0 Å². The Labute approximate surface area is 178 Å². The summed E-state index contributed by atoms with van der Waals surface area (Å²) in [6.07, 6.45) is 10.0. The van der Waals surface area contributed by atoms with Gasteiger partial charge in [0.2, 0.25) is 0 Å². The molecule has 0 saturated carbocycles. The summed E-state index contributed by atoms with van der Waals surface area (Å²) in [5, 5.41) is 10.5. The van der Waals surface area contributed by atoms with Crippen molar-refractivity contribution in [2.45, 2.75) is 38.5 Å². The summed E-state index contributed by atoms with van der Waals surface area (Å²) >= 11 is 0. The molecule has 3 heterocycles. The summed E-state index contributed by atoms with van der Waals surface area (Å²) in [5.74, 6) is 1.17. The first-order valence-corrected chi connectivity index (χ1v) is 10.7. The van der Waals surface area contributed by atoms with Gasteiger partial charge in [-0.05, 0) is 37.5 Å². The van der Waals surface area contributed by atoms with Crippen LogP contribution in [0.15, 0.2) is 67.4 Å². The lowest BCUT2D eigenvalue weighted by Crippen LogP contribution is -2.21. The lowest BCUT2D eigenvalue weighted by atomic mass is 10.00. The average Bonchev–Trinajstić information content (AvgIpc) is 3.40. The van der Waals surface area contributed by atoms with Gasteiger partial charge in [0.25, 0.3) is 0 Å². The molecule has 1 aromatic carbocycles. The van der Waals surface area contributed by atoms with E-state index in [0.717, 1.165) is 50.3 Å². The molecule has 2 atom stereocenters. The highest BCUT2D eigenvalue weighted by Crippen LogP contribution is 2.26. The van der Waals surface area contributed by atoms with Gasteiger partial charge in [-0.25, -0.2) is 4.98 Å². The molecule has 2 aromatic heterocycles. The van der Waals surface area contributed by atoms with Gasteiger partial charge in [-0.1, -0.05) is 24.3 Å². The number of aliphatic hydroxyl groups is 1. The Balaban J connectivity index is 1.26. The average molecular weight is 407 g/mol. The van der Waals surface area contributed by atoms with Crippen molar-refractivity contribution >= 4 is 0 Å². The smallest absolute Gasteiger partial charge is 0.123 e. The Morgan fingerprint density at radius 3 is 2.77 bits per heavy atom. The minimum Gasteiger partial charge on any atom is -0.493 e. The summed E-state index contributed by atoms with van der Waals surface area (Å²) < 4.78 is 8.18. The first-order chi connectivity index (χ1) is 14.8. The minimum atomic E-state index is -0.316. The molecule has 4 rings (SSSR count). The molecule has 1 saturated heterocycles. The number of aliphatic hydroxyl groups excluding tert-OH is 1. The van der Waals surface area contributed by atoms with Gasteiger partial charge in [-0.15, -0.1) is 0 Å². The van der Waals surface area contributed by atoms with Crippen molar-refractivity contribution in [3.05, 3.63) is 78.6 Å². The highest BCUT2D eigenvalue weighted by Gasteiger charge is 2.31. The summed E-state index contributed by atoms with van der Waals surface area (Å²) in [4.78, 5) is 10.8. The van der Waals surface area contributed by atoms with Crippen molar-refractivity contribution in [3.63, 3.8) is 0 Å². The molecule has 0 unspecified atom stereocenters. The number of benzene rings is 1. The second-order valence-corrected chi connectivity index (χ2v) is 8.01.